The maximum Gasteiger partial charge on any atom is 0.320 e. The molecule has 1 aliphatic rings. The monoisotopic (exact) mass is 394 g/mol. The SMILES string of the molecule is [C-]#[N+]c1ccc(-c2c(SC3(C(=O)O)CCCCC3)ccc3cnsc23)cc1. The number of benzene rings is 2. The van der Waals surface area contributed by atoms with Crippen LogP contribution in [0.4, 0.5) is 5.69 Å². The minimum absolute atomic E-state index is 0.596. The largest absolute Gasteiger partial charge is 0.480 e. The van der Waals surface area contributed by atoms with Crippen molar-refractivity contribution in [3.63, 3.8) is 0 Å². The molecule has 4 rings (SSSR count). The molecule has 0 saturated heterocycles. The van der Waals surface area contributed by atoms with E-state index in [-0.39, 0.29) is 0 Å². The Hall–Kier alpha value is -2.36. The van der Waals surface area contributed by atoms with Gasteiger partial charge in [0, 0.05) is 22.0 Å². The zero-order chi connectivity index (χ0) is 18.9. The van der Waals surface area contributed by atoms with Crippen LogP contribution >= 0.6 is 23.3 Å². The van der Waals surface area contributed by atoms with Gasteiger partial charge in [-0.1, -0.05) is 49.6 Å². The second kappa shape index (κ2) is 7.34. The second-order valence-corrected chi connectivity index (χ2v) is 9.03. The fourth-order valence-electron chi connectivity index (χ4n) is 3.67. The molecule has 1 aliphatic carbocycles. The van der Waals surface area contributed by atoms with E-state index in [1.54, 1.807) is 0 Å². The number of rotatable bonds is 4. The Labute approximate surface area is 166 Å². The van der Waals surface area contributed by atoms with Crippen molar-refractivity contribution in [2.24, 2.45) is 0 Å². The van der Waals surface area contributed by atoms with E-state index in [1.807, 2.05) is 42.6 Å². The summed E-state index contributed by atoms with van der Waals surface area (Å²) in [4.78, 5) is 16.6. The molecule has 1 fully saturated rings. The number of fused-ring (bicyclic) bond motifs is 1. The number of thioether (sulfide) groups is 1. The lowest BCUT2D eigenvalue weighted by molar-refractivity contribution is -0.140. The first-order chi connectivity index (χ1) is 13.1. The Kier molecular flexibility index (Phi) is 4.90. The molecule has 1 saturated carbocycles. The first-order valence-corrected chi connectivity index (χ1v) is 10.5. The maximum absolute atomic E-state index is 12.2. The van der Waals surface area contributed by atoms with Gasteiger partial charge in [-0.05, 0) is 36.0 Å². The summed E-state index contributed by atoms with van der Waals surface area (Å²) in [5.41, 5.74) is 2.62. The zero-order valence-corrected chi connectivity index (χ0v) is 16.3. The summed E-state index contributed by atoms with van der Waals surface area (Å²) in [6.07, 6.45) is 6.26. The zero-order valence-electron chi connectivity index (χ0n) is 14.6. The first kappa shape index (κ1) is 18.0. The Morgan fingerprint density at radius 1 is 1.15 bits per heavy atom. The summed E-state index contributed by atoms with van der Waals surface area (Å²) in [7, 11) is 0. The third-order valence-corrected chi connectivity index (χ3v) is 7.49. The second-order valence-electron chi connectivity index (χ2n) is 6.80. The topological polar surface area (TPSA) is 54.5 Å². The van der Waals surface area contributed by atoms with Crippen molar-refractivity contribution in [1.29, 1.82) is 0 Å². The van der Waals surface area contributed by atoms with E-state index < -0.39 is 10.7 Å². The molecule has 136 valence electrons. The molecule has 1 heterocycles. The standard InChI is InChI=1S/C21H18N2O2S2/c1-22-16-8-5-14(6-9-16)18-17(10-7-15-13-23-27-19(15)18)26-21(20(24)25)11-3-2-4-12-21/h5-10,13H,2-4,11-12H2,(H,24,25). The highest BCUT2D eigenvalue weighted by Crippen LogP contribution is 2.49. The molecular formula is C21H18N2O2S2. The van der Waals surface area contributed by atoms with E-state index in [1.165, 1.54) is 23.3 Å². The van der Waals surface area contributed by atoms with Gasteiger partial charge in [0.15, 0.2) is 5.69 Å². The molecule has 0 spiro atoms. The van der Waals surface area contributed by atoms with Crippen molar-refractivity contribution in [3.05, 3.63) is 54.0 Å². The van der Waals surface area contributed by atoms with Crippen LogP contribution in [-0.2, 0) is 4.79 Å². The molecule has 3 aromatic rings. The highest BCUT2D eigenvalue weighted by molar-refractivity contribution is 8.01. The molecule has 1 N–H and O–H groups in total. The lowest BCUT2D eigenvalue weighted by Crippen LogP contribution is -2.37. The van der Waals surface area contributed by atoms with Gasteiger partial charge in [-0.2, -0.15) is 4.37 Å². The predicted molar refractivity (Wildman–Crippen MR) is 111 cm³/mol. The summed E-state index contributed by atoms with van der Waals surface area (Å²) in [5.74, 6) is -0.717. The molecule has 4 nitrogen and oxygen atoms in total. The lowest BCUT2D eigenvalue weighted by Gasteiger charge is -2.33. The highest BCUT2D eigenvalue weighted by Gasteiger charge is 2.41. The molecule has 1 aromatic heterocycles. The van der Waals surface area contributed by atoms with Crippen LogP contribution in [0, 0.1) is 6.57 Å². The maximum atomic E-state index is 12.2. The van der Waals surface area contributed by atoms with E-state index in [2.05, 4.69) is 9.22 Å². The van der Waals surface area contributed by atoms with Crippen molar-refractivity contribution in [3.8, 4) is 11.1 Å². The summed E-state index contributed by atoms with van der Waals surface area (Å²) >= 11 is 2.92. The fraction of sp³-hybridized carbons (Fsp3) is 0.286. The van der Waals surface area contributed by atoms with E-state index in [9.17, 15) is 9.90 Å². The van der Waals surface area contributed by atoms with Crippen LogP contribution < -0.4 is 0 Å². The molecule has 0 amide bonds. The average molecular weight is 395 g/mol. The minimum atomic E-state index is -0.762. The summed E-state index contributed by atoms with van der Waals surface area (Å²) in [5, 5.41) is 11.0. The van der Waals surface area contributed by atoms with Gasteiger partial charge in [-0.3, -0.25) is 4.79 Å². The Balaban J connectivity index is 1.85. The molecule has 0 bridgehead atoms. The summed E-state index contributed by atoms with van der Waals surface area (Å²) in [6.45, 7) is 7.16. The first-order valence-electron chi connectivity index (χ1n) is 8.91. The van der Waals surface area contributed by atoms with E-state index in [0.29, 0.717) is 18.5 Å². The van der Waals surface area contributed by atoms with Gasteiger partial charge in [-0.25, -0.2) is 4.85 Å². The summed E-state index contributed by atoms with van der Waals surface area (Å²) in [6, 6.07) is 11.6. The van der Waals surface area contributed by atoms with Gasteiger partial charge in [0.05, 0.1) is 11.3 Å². The van der Waals surface area contributed by atoms with Gasteiger partial charge in [0.1, 0.15) is 4.75 Å². The smallest absolute Gasteiger partial charge is 0.320 e. The minimum Gasteiger partial charge on any atom is -0.480 e. The molecule has 0 unspecified atom stereocenters. The van der Waals surface area contributed by atoms with Crippen LogP contribution in [-0.4, -0.2) is 20.2 Å². The molecule has 0 atom stereocenters. The van der Waals surface area contributed by atoms with Crippen LogP contribution in [0.15, 0.2) is 47.5 Å². The molecular weight excluding hydrogens is 376 g/mol. The number of aliphatic carboxylic acids is 1. The predicted octanol–water partition coefficient (Wildman–Crippen LogP) is 6.39. The number of hydrogen-bond acceptors (Lipinski definition) is 4. The highest BCUT2D eigenvalue weighted by atomic mass is 32.2. The van der Waals surface area contributed by atoms with E-state index >= 15 is 0 Å². The number of carbonyl (C=O) groups is 1. The number of nitrogens with zero attached hydrogens (tertiary/aromatic N) is 2. The number of hydrogen-bond donors (Lipinski definition) is 1. The van der Waals surface area contributed by atoms with Gasteiger partial charge in [0.25, 0.3) is 0 Å². The third-order valence-electron chi connectivity index (χ3n) is 5.13. The normalized spacial score (nSPS) is 16.1. The van der Waals surface area contributed by atoms with Gasteiger partial charge in [-0.15, -0.1) is 11.8 Å². The Morgan fingerprint density at radius 2 is 1.89 bits per heavy atom. The van der Waals surface area contributed by atoms with Gasteiger partial charge in [0.2, 0.25) is 0 Å². The van der Waals surface area contributed by atoms with Crippen molar-refractivity contribution >= 4 is 45.0 Å². The Bertz CT molecular complexity index is 1030. The molecule has 0 aliphatic heterocycles. The average Bonchev–Trinajstić information content (AvgIpc) is 3.17. The molecule has 0 radical (unpaired) electrons. The lowest BCUT2D eigenvalue weighted by atomic mass is 9.88. The van der Waals surface area contributed by atoms with E-state index in [0.717, 1.165) is 45.4 Å². The van der Waals surface area contributed by atoms with Gasteiger partial charge < -0.3 is 5.11 Å². The number of aromatic nitrogens is 1. The number of carboxylic acid groups (broad SMARTS) is 1. The molecule has 27 heavy (non-hydrogen) atoms. The fourth-order valence-corrected chi connectivity index (χ4v) is 6.01. The quantitative estimate of drug-likeness (QED) is 0.521. The summed E-state index contributed by atoms with van der Waals surface area (Å²) < 4.78 is 4.63. The van der Waals surface area contributed by atoms with Crippen molar-refractivity contribution in [2.45, 2.75) is 41.7 Å². The van der Waals surface area contributed by atoms with Crippen LogP contribution in [0.1, 0.15) is 32.1 Å². The third kappa shape index (κ3) is 3.33. The van der Waals surface area contributed by atoms with Crippen LogP contribution in [0.5, 0.6) is 0 Å². The van der Waals surface area contributed by atoms with Crippen molar-refractivity contribution in [1.82, 2.24) is 4.37 Å². The number of carboxylic acids is 1. The van der Waals surface area contributed by atoms with Crippen molar-refractivity contribution < 1.29 is 9.90 Å². The van der Waals surface area contributed by atoms with Crippen molar-refractivity contribution in [2.75, 3.05) is 0 Å². The van der Waals surface area contributed by atoms with Crippen LogP contribution in [0.25, 0.3) is 26.1 Å². The van der Waals surface area contributed by atoms with Crippen LogP contribution in [0.2, 0.25) is 0 Å². The van der Waals surface area contributed by atoms with Crippen LogP contribution in [0.3, 0.4) is 0 Å². The molecule has 6 heteroatoms. The Morgan fingerprint density at radius 3 is 2.56 bits per heavy atom. The van der Waals surface area contributed by atoms with Gasteiger partial charge >= 0.3 is 5.97 Å². The molecule has 2 aromatic carbocycles. The van der Waals surface area contributed by atoms with E-state index in [4.69, 9.17) is 6.57 Å².